The van der Waals surface area contributed by atoms with Gasteiger partial charge in [-0.15, -0.1) is 0 Å². The number of nitrogens with zero attached hydrogens (tertiary/aromatic N) is 1. The van der Waals surface area contributed by atoms with E-state index in [1.54, 1.807) is 14.2 Å². The second kappa shape index (κ2) is 6.17. The van der Waals surface area contributed by atoms with Crippen molar-refractivity contribution in [1.29, 1.82) is 10.7 Å². The summed E-state index contributed by atoms with van der Waals surface area (Å²) in [6.45, 7) is 2.08. The van der Waals surface area contributed by atoms with Crippen LogP contribution in [0.2, 0.25) is 0 Å². The molecule has 112 valence electrons. The molecular weight excluding hydrogens is 264 g/mol. The minimum Gasteiger partial charge on any atom is -0.493 e. The summed E-state index contributed by atoms with van der Waals surface area (Å²) in [6.07, 6.45) is 3.40. The van der Waals surface area contributed by atoms with Gasteiger partial charge in [0.2, 0.25) is 0 Å². The Morgan fingerprint density at radius 2 is 2.14 bits per heavy atom. The normalized spacial score (nSPS) is 25.2. The van der Waals surface area contributed by atoms with Gasteiger partial charge in [0.05, 0.1) is 26.2 Å². The molecule has 1 N–H and O–H groups in total. The molecule has 2 unspecified atom stereocenters. The molecule has 1 aromatic carbocycles. The van der Waals surface area contributed by atoms with Gasteiger partial charge in [-0.05, 0) is 25.3 Å². The highest BCUT2D eigenvalue weighted by atomic mass is 16.5. The summed E-state index contributed by atoms with van der Waals surface area (Å²) < 4.78 is 10.9. The SMILES string of the molecule is CCC1(c2cccc(OC)c2OC)CCCC(C#N)C1=N. The van der Waals surface area contributed by atoms with Crippen LogP contribution in [0.1, 0.15) is 38.2 Å². The first kappa shape index (κ1) is 15.4. The number of ether oxygens (including phenoxy) is 2. The lowest BCUT2D eigenvalue weighted by Crippen LogP contribution is -2.42. The maximum absolute atomic E-state index is 9.32. The van der Waals surface area contributed by atoms with Gasteiger partial charge in [-0.1, -0.05) is 25.5 Å². The molecule has 4 nitrogen and oxygen atoms in total. The molecule has 21 heavy (non-hydrogen) atoms. The maximum atomic E-state index is 9.32. The smallest absolute Gasteiger partial charge is 0.164 e. The Morgan fingerprint density at radius 1 is 1.38 bits per heavy atom. The number of hydrogen-bond acceptors (Lipinski definition) is 4. The number of nitriles is 1. The Labute approximate surface area is 126 Å². The third-order valence-electron chi connectivity index (χ3n) is 4.64. The molecule has 0 saturated heterocycles. The molecule has 0 bridgehead atoms. The van der Waals surface area contributed by atoms with Gasteiger partial charge in [0.1, 0.15) is 0 Å². The second-order valence-electron chi connectivity index (χ2n) is 5.46. The quantitative estimate of drug-likeness (QED) is 0.917. The van der Waals surface area contributed by atoms with Crippen molar-refractivity contribution in [2.75, 3.05) is 14.2 Å². The van der Waals surface area contributed by atoms with Crippen molar-refractivity contribution in [3.05, 3.63) is 23.8 Å². The molecule has 2 atom stereocenters. The van der Waals surface area contributed by atoms with Crippen LogP contribution in [0.5, 0.6) is 11.5 Å². The van der Waals surface area contributed by atoms with Gasteiger partial charge >= 0.3 is 0 Å². The van der Waals surface area contributed by atoms with E-state index in [9.17, 15) is 5.26 Å². The molecule has 0 aliphatic heterocycles. The summed E-state index contributed by atoms with van der Waals surface area (Å²) in [4.78, 5) is 0. The highest BCUT2D eigenvalue weighted by Crippen LogP contribution is 2.47. The van der Waals surface area contributed by atoms with E-state index < -0.39 is 5.41 Å². The van der Waals surface area contributed by atoms with Crippen LogP contribution in [-0.2, 0) is 5.41 Å². The van der Waals surface area contributed by atoms with Crippen molar-refractivity contribution in [1.82, 2.24) is 0 Å². The van der Waals surface area contributed by atoms with Crippen molar-refractivity contribution < 1.29 is 9.47 Å². The van der Waals surface area contributed by atoms with E-state index in [0.29, 0.717) is 17.2 Å². The van der Waals surface area contributed by atoms with Crippen molar-refractivity contribution in [2.24, 2.45) is 5.92 Å². The summed E-state index contributed by atoms with van der Waals surface area (Å²) >= 11 is 0. The monoisotopic (exact) mass is 286 g/mol. The summed E-state index contributed by atoms with van der Waals surface area (Å²) in [5.74, 6) is 1.06. The minimum atomic E-state index is -0.418. The molecule has 1 fully saturated rings. The molecule has 1 aromatic rings. The molecule has 0 spiro atoms. The first-order chi connectivity index (χ1) is 10.1. The number of hydrogen-bond donors (Lipinski definition) is 1. The molecule has 2 rings (SSSR count). The summed E-state index contributed by atoms with van der Waals surface area (Å²) in [5, 5.41) is 17.9. The van der Waals surface area contributed by atoms with E-state index in [-0.39, 0.29) is 5.92 Å². The Hall–Kier alpha value is -2.02. The van der Waals surface area contributed by atoms with Crippen molar-refractivity contribution >= 4 is 5.71 Å². The second-order valence-corrected chi connectivity index (χ2v) is 5.46. The van der Waals surface area contributed by atoms with Crippen LogP contribution in [0, 0.1) is 22.7 Å². The Morgan fingerprint density at radius 3 is 2.71 bits per heavy atom. The minimum absolute atomic E-state index is 0.297. The van der Waals surface area contributed by atoms with E-state index >= 15 is 0 Å². The number of para-hydroxylation sites is 1. The fourth-order valence-electron chi connectivity index (χ4n) is 3.45. The van der Waals surface area contributed by atoms with Gasteiger partial charge in [0.25, 0.3) is 0 Å². The van der Waals surface area contributed by atoms with E-state index in [4.69, 9.17) is 14.9 Å². The molecule has 0 amide bonds. The molecule has 4 heteroatoms. The standard InChI is InChI=1S/C17H22N2O2/c1-4-17(10-6-7-12(11-18)16(17)19)13-8-5-9-14(20-2)15(13)21-3/h5,8-9,12,19H,4,6-7,10H2,1-3H3. The first-order valence-corrected chi connectivity index (χ1v) is 7.34. The van der Waals surface area contributed by atoms with Gasteiger partial charge in [0.15, 0.2) is 11.5 Å². The summed E-state index contributed by atoms with van der Waals surface area (Å²) in [7, 11) is 3.24. The van der Waals surface area contributed by atoms with Crippen LogP contribution in [0.4, 0.5) is 0 Å². The zero-order valence-corrected chi connectivity index (χ0v) is 12.9. The summed E-state index contributed by atoms with van der Waals surface area (Å²) in [5.41, 5.74) is 1.07. The molecule has 1 saturated carbocycles. The van der Waals surface area contributed by atoms with Crippen LogP contribution in [-0.4, -0.2) is 19.9 Å². The van der Waals surface area contributed by atoms with Crippen LogP contribution in [0.25, 0.3) is 0 Å². The lowest BCUT2D eigenvalue weighted by Gasteiger charge is -2.40. The fourth-order valence-corrected chi connectivity index (χ4v) is 3.45. The van der Waals surface area contributed by atoms with Crippen molar-refractivity contribution in [3.8, 4) is 17.6 Å². The largest absolute Gasteiger partial charge is 0.493 e. The molecule has 1 aliphatic carbocycles. The number of methoxy groups -OCH3 is 2. The number of benzene rings is 1. The molecule has 0 heterocycles. The van der Waals surface area contributed by atoms with Crippen LogP contribution in [0.3, 0.4) is 0 Å². The van der Waals surface area contributed by atoms with E-state index in [2.05, 4.69) is 13.0 Å². The predicted octanol–water partition coefficient (Wildman–Crippen LogP) is 3.70. The Balaban J connectivity index is 2.61. The maximum Gasteiger partial charge on any atom is 0.164 e. The van der Waals surface area contributed by atoms with E-state index in [1.807, 2.05) is 18.2 Å². The van der Waals surface area contributed by atoms with Crippen molar-refractivity contribution in [2.45, 2.75) is 38.0 Å². The lowest BCUT2D eigenvalue weighted by atomic mass is 9.63. The third-order valence-corrected chi connectivity index (χ3v) is 4.64. The van der Waals surface area contributed by atoms with Gasteiger partial charge in [-0.2, -0.15) is 5.26 Å². The van der Waals surface area contributed by atoms with Crippen LogP contribution < -0.4 is 9.47 Å². The molecule has 0 radical (unpaired) electrons. The zero-order chi connectivity index (χ0) is 15.5. The fraction of sp³-hybridized carbons (Fsp3) is 0.529. The average Bonchev–Trinajstić information content (AvgIpc) is 2.54. The number of rotatable bonds is 4. The molecule has 1 aliphatic rings. The van der Waals surface area contributed by atoms with Gasteiger partial charge < -0.3 is 14.9 Å². The Bertz CT molecular complexity index is 577. The third kappa shape index (κ3) is 2.37. The van der Waals surface area contributed by atoms with E-state index in [1.165, 1.54) is 0 Å². The van der Waals surface area contributed by atoms with Crippen LogP contribution in [0.15, 0.2) is 18.2 Å². The van der Waals surface area contributed by atoms with Crippen molar-refractivity contribution in [3.63, 3.8) is 0 Å². The van der Waals surface area contributed by atoms with Crippen LogP contribution >= 0.6 is 0 Å². The van der Waals surface area contributed by atoms with E-state index in [0.717, 1.165) is 31.2 Å². The zero-order valence-electron chi connectivity index (χ0n) is 12.9. The summed E-state index contributed by atoms with van der Waals surface area (Å²) in [6, 6.07) is 8.07. The molecular formula is C17H22N2O2. The molecule has 0 aromatic heterocycles. The van der Waals surface area contributed by atoms with Gasteiger partial charge in [0, 0.05) is 16.7 Å². The lowest BCUT2D eigenvalue weighted by molar-refractivity contribution is 0.336. The van der Waals surface area contributed by atoms with Gasteiger partial charge in [-0.25, -0.2) is 0 Å². The highest BCUT2D eigenvalue weighted by Gasteiger charge is 2.44. The topological polar surface area (TPSA) is 66.1 Å². The predicted molar refractivity (Wildman–Crippen MR) is 82.2 cm³/mol. The highest BCUT2D eigenvalue weighted by molar-refractivity contribution is 5.97. The average molecular weight is 286 g/mol. The first-order valence-electron chi connectivity index (χ1n) is 7.34. The Kier molecular flexibility index (Phi) is 4.52. The van der Waals surface area contributed by atoms with Gasteiger partial charge in [-0.3, -0.25) is 0 Å². The number of nitrogens with one attached hydrogen (secondary N) is 1.